The van der Waals surface area contributed by atoms with E-state index in [1.807, 2.05) is 26.0 Å². The summed E-state index contributed by atoms with van der Waals surface area (Å²) in [6.07, 6.45) is 2.36. The van der Waals surface area contributed by atoms with Gasteiger partial charge in [-0.1, -0.05) is 6.92 Å². The normalized spacial score (nSPS) is 11.0. The van der Waals surface area contributed by atoms with E-state index in [1.165, 1.54) is 6.07 Å². The maximum Gasteiger partial charge on any atom is 0.274 e. The zero-order valence-corrected chi connectivity index (χ0v) is 12.7. The van der Waals surface area contributed by atoms with Crippen LogP contribution in [-0.4, -0.2) is 15.3 Å². The van der Waals surface area contributed by atoms with Gasteiger partial charge in [-0.2, -0.15) is 0 Å². The Morgan fingerprint density at radius 1 is 1.22 bits per heavy atom. The Morgan fingerprint density at radius 2 is 2.00 bits per heavy atom. The minimum Gasteiger partial charge on any atom is -0.321 e. The standard InChI is InChI=1S/C17H15F2N3O/c1-3-14-16(22-7-6-10(2)8-15(22)21-14)17(23)20-11-4-5-12(18)13(19)9-11/h4-9H,3H2,1-2H3,(H,20,23). The molecule has 1 aromatic carbocycles. The zero-order chi connectivity index (χ0) is 16.6. The van der Waals surface area contributed by atoms with Crippen LogP contribution in [0.1, 0.15) is 28.7 Å². The van der Waals surface area contributed by atoms with Gasteiger partial charge < -0.3 is 5.32 Å². The number of nitrogens with one attached hydrogen (secondary N) is 1. The fourth-order valence-corrected chi connectivity index (χ4v) is 2.45. The van der Waals surface area contributed by atoms with Gasteiger partial charge in [-0.25, -0.2) is 13.8 Å². The number of carbonyl (C=O) groups excluding carboxylic acids is 1. The monoisotopic (exact) mass is 315 g/mol. The van der Waals surface area contributed by atoms with Gasteiger partial charge in [-0.3, -0.25) is 9.20 Å². The summed E-state index contributed by atoms with van der Waals surface area (Å²) in [7, 11) is 0. The minimum atomic E-state index is -1.01. The van der Waals surface area contributed by atoms with Gasteiger partial charge >= 0.3 is 0 Å². The van der Waals surface area contributed by atoms with Gasteiger partial charge in [0.15, 0.2) is 11.6 Å². The van der Waals surface area contributed by atoms with E-state index in [-0.39, 0.29) is 5.69 Å². The van der Waals surface area contributed by atoms with E-state index >= 15 is 0 Å². The molecule has 0 atom stereocenters. The Bertz CT molecular complexity index is 902. The summed E-state index contributed by atoms with van der Waals surface area (Å²) < 4.78 is 27.9. The van der Waals surface area contributed by atoms with Crippen molar-refractivity contribution in [3.05, 3.63) is 65.1 Å². The molecule has 3 aromatic rings. The summed E-state index contributed by atoms with van der Waals surface area (Å²) in [4.78, 5) is 17.0. The lowest BCUT2D eigenvalue weighted by atomic mass is 10.2. The summed E-state index contributed by atoms with van der Waals surface area (Å²) in [6, 6.07) is 7.00. The number of hydrogen-bond donors (Lipinski definition) is 1. The SMILES string of the molecule is CCc1nc2cc(C)ccn2c1C(=O)Nc1ccc(F)c(F)c1. The van der Waals surface area contributed by atoms with Gasteiger partial charge in [0.25, 0.3) is 5.91 Å². The minimum absolute atomic E-state index is 0.193. The first kappa shape index (κ1) is 15.1. The van der Waals surface area contributed by atoms with Crippen molar-refractivity contribution < 1.29 is 13.6 Å². The summed E-state index contributed by atoms with van der Waals surface area (Å²) in [5.41, 5.74) is 2.95. The Morgan fingerprint density at radius 3 is 2.70 bits per heavy atom. The van der Waals surface area contributed by atoms with E-state index < -0.39 is 17.5 Å². The van der Waals surface area contributed by atoms with Gasteiger partial charge in [-0.05, 0) is 43.2 Å². The average molecular weight is 315 g/mol. The first-order chi connectivity index (χ1) is 11.0. The number of imidazole rings is 1. The highest BCUT2D eigenvalue weighted by molar-refractivity contribution is 6.04. The van der Waals surface area contributed by atoms with Crippen LogP contribution in [0.5, 0.6) is 0 Å². The van der Waals surface area contributed by atoms with E-state index in [1.54, 1.807) is 10.6 Å². The molecule has 2 heterocycles. The second-order valence-corrected chi connectivity index (χ2v) is 5.28. The number of fused-ring (bicyclic) bond motifs is 1. The number of hydrogen-bond acceptors (Lipinski definition) is 2. The number of nitrogens with zero attached hydrogens (tertiary/aromatic N) is 2. The van der Waals surface area contributed by atoms with Gasteiger partial charge in [0.1, 0.15) is 11.3 Å². The summed E-state index contributed by atoms with van der Waals surface area (Å²) in [6.45, 7) is 3.85. The number of pyridine rings is 1. The van der Waals surface area contributed by atoms with Crippen molar-refractivity contribution in [2.45, 2.75) is 20.3 Å². The van der Waals surface area contributed by atoms with Crippen molar-refractivity contribution in [2.24, 2.45) is 0 Å². The Balaban J connectivity index is 2.01. The fourth-order valence-electron chi connectivity index (χ4n) is 2.45. The largest absolute Gasteiger partial charge is 0.321 e. The lowest BCUT2D eigenvalue weighted by Crippen LogP contribution is -2.16. The summed E-state index contributed by atoms with van der Waals surface area (Å²) in [5, 5.41) is 2.59. The summed E-state index contributed by atoms with van der Waals surface area (Å²) in [5.74, 6) is -2.38. The van der Waals surface area contributed by atoms with Crippen LogP contribution in [0.3, 0.4) is 0 Å². The van der Waals surface area contributed by atoms with Crippen molar-refractivity contribution >= 4 is 17.2 Å². The van der Waals surface area contributed by atoms with Crippen molar-refractivity contribution in [2.75, 3.05) is 5.32 Å². The first-order valence-electron chi connectivity index (χ1n) is 7.23. The Kier molecular flexibility index (Phi) is 3.82. The molecule has 0 radical (unpaired) electrons. The predicted octanol–water partition coefficient (Wildman–Crippen LogP) is 3.74. The molecule has 4 nitrogen and oxygen atoms in total. The predicted molar refractivity (Wildman–Crippen MR) is 83.6 cm³/mol. The molecule has 23 heavy (non-hydrogen) atoms. The van der Waals surface area contributed by atoms with Crippen LogP contribution in [0.15, 0.2) is 36.5 Å². The number of anilines is 1. The molecule has 2 aromatic heterocycles. The molecule has 118 valence electrons. The molecule has 1 amide bonds. The third-order valence-electron chi connectivity index (χ3n) is 3.58. The van der Waals surface area contributed by atoms with Gasteiger partial charge in [0.2, 0.25) is 0 Å². The number of carbonyl (C=O) groups is 1. The molecule has 0 saturated heterocycles. The van der Waals surface area contributed by atoms with Crippen molar-refractivity contribution in [3.8, 4) is 0 Å². The van der Waals surface area contributed by atoms with E-state index in [4.69, 9.17) is 0 Å². The Hall–Kier alpha value is -2.76. The highest BCUT2D eigenvalue weighted by atomic mass is 19.2. The molecule has 0 aliphatic heterocycles. The molecule has 0 aliphatic rings. The smallest absolute Gasteiger partial charge is 0.274 e. The number of halogens is 2. The number of benzene rings is 1. The molecule has 6 heteroatoms. The van der Waals surface area contributed by atoms with Crippen LogP contribution >= 0.6 is 0 Å². The average Bonchev–Trinajstić information content (AvgIpc) is 2.88. The van der Waals surface area contributed by atoms with E-state index in [0.717, 1.165) is 17.7 Å². The zero-order valence-electron chi connectivity index (χ0n) is 12.7. The first-order valence-corrected chi connectivity index (χ1v) is 7.23. The molecule has 0 saturated carbocycles. The molecule has 1 N–H and O–H groups in total. The van der Waals surface area contributed by atoms with Gasteiger partial charge in [0.05, 0.1) is 5.69 Å². The lowest BCUT2D eigenvalue weighted by Gasteiger charge is -2.07. The van der Waals surface area contributed by atoms with Crippen molar-refractivity contribution in [1.82, 2.24) is 9.38 Å². The molecular formula is C17H15F2N3O. The van der Waals surface area contributed by atoms with Crippen molar-refractivity contribution in [3.63, 3.8) is 0 Å². The molecule has 0 aliphatic carbocycles. The van der Waals surface area contributed by atoms with Gasteiger partial charge in [0, 0.05) is 18.0 Å². The molecule has 0 bridgehead atoms. The molecule has 0 spiro atoms. The fraction of sp³-hybridized carbons (Fsp3) is 0.176. The van der Waals surface area contributed by atoms with Crippen LogP contribution in [0.25, 0.3) is 5.65 Å². The highest BCUT2D eigenvalue weighted by Crippen LogP contribution is 2.18. The third-order valence-corrected chi connectivity index (χ3v) is 3.58. The molecule has 0 unspecified atom stereocenters. The van der Waals surface area contributed by atoms with Crippen LogP contribution in [0.2, 0.25) is 0 Å². The van der Waals surface area contributed by atoms with Crippen LogP contribution in [-0.2, 0) is 6.42 Å². The van der Waals surface area contributed by atoms with Crippen molar-refractivity contribution in [1.29, 1.82) is 0 Å². The highest BCUT2D eigenvalue weighted by Gasteiger charge is 2.18. The number of aryl methyl sites for hydroxylation is 2. The molecule has 3 rings (SSSR count). The lowest BCUT2D eigenvalue weighted by molar-refractivity contribution is 0.102. The molecular weight excluding hydrogens is 300 g/mol. The molecule has 0 fully saturated rings. The van der Waals surface area contributed by atoms with E-state index in [0.29, 0.717) is 23.5 Å². The van der Waals surface area contributed by atoms with E-state index in [2.05, 4.69) is 10.3 Å². The van der Waals surface area contributed by atoms with E-state index in [9.17, 15) is 13.6 Å². The van der Waals surface area contributed by atoms with Crippen LogP contribution in [0, 0.1) is 18.6 Å². The third kappa shape index (κ3) is 2.79. The number of amides is 1. The maximum absolute atomic E-state index is 13.3. The maximum atomic E-state index is 13.3. The Labute approximate surface area is 131 Å². The second kappa shape index (κ2) is 5.79. The van der Waals surface area contributed by atoms with Crippen LogP contribution < -0.4 is 5.32 Å². The quantitative estimate of drug-likeness (QED) is 0.800. The second-order valence-electron chi connectivity index (χ2n) is 5.28. The number of aromatic nitrogens is 2. The van der Waals surface area contributed by atoms with Gasteiger partial charge in [-0.15, -0.1) is 0 Å². The topological polar surface area (TPSA) is 46.4 Å². The number of rotatable bonds is 3. The summed E-state index contributed by atoms with van der Waals surface area (Å²) >= 11 is 0. The van der Waals surface area contributed by atoms with Crippen LogP contribution in [0.4, 0.5) is 14.5 Å².